The second kappa shape index (κ2) is 6.39. The summed E-state index contributed by atoms with van der Waals surface area (Å²) in [5.41, 5.74) is 2.59. The van der Waals surface area contributed by atoms with Crippen LogP contribution in [0.3, 0.4) is 0 Å². The summed E-state index contributed by atoms with van der Waals surface area (Å²) < 4.78 is 5.52. The van der Waals surface area contributed by atoms with Gasteiger partial charge >= 0.3 is 0 Å². The maximum absolute atomic E-state index is 5.52. The van der Waals surface area contributed by atoms with E-state index in [0.717, 1.165) is 24.6 Å². The Kier molecular flexibility index (Phi) is 4.34. The third-order valence-corrected chi connectivity index (χ3v) is 4.34. The summed E-state index contributed by atoms with van der Waals surface area (Å²) in [5.74, 6) is 2.23. The Morgan fingerprint density at radius 2 is 2.19 bits per heavy atom. The van der Waals surface area contributed by atoms with Crippen LogP contribution < -0.4 is 5.32 Å². The molecule has 0 spiro atoms. The number of nitrogens with one attached hydrogen (secondary N) is 1. The van der Waals surface area contributed by atoms with E-state index in [4.69, 9.17) is 4.42 Å². The highest BCUT2D eigenvalue weighted by atomic mass is 16.4. The molecule has 0 saturated heterocycles. The average Bonchev–Trinajstić information content (AvgIpc) is 2.92. The highest BCUT2D eigenvalue weighted by molar-refractivity contribution is 5.22. The lowest BCUT2D eigenvalue weighted by molar-refractivity contribution is 0.323. The van der Waals surface area contributed by atoms with E-state index in [9.17, 15) is 0 Å². The molecule has 0 aromatic carbocycles. The SMILES string of the molecule is Cc1ncc(CN[C@H]2CCC[C@H](c3ncccc3C)C2)o1. The van der Waals surface area contributed by atoms with Crippen molar-refractivity contribution in [1.82, 2.24) is 15.3 Å². The minimum atomic E-state index is 0.538. The molecule has 0 amide bonds. The fourth-order valence-electron chi connectivity index (χ4n) is 3.28. The average molecular weight is 285 g/mol. The lowest BCUT2D eigenvalue weighted by Crippen LogP contribution is -2.33. The van der Waals surface area contributed by atoms with Crippen molar-refractivity contribution in [3.8, 4) is 0 Å². The summed E-state index contributed by atoms with van der Waals surface area (Å²) in [6.45, 7) is 4.81. The zero-order valence-corrected chi connectivity index (χ0v) is 12.8. The molecule has 2 aromatic heterocycles. The van der Waals surface area contributed by atoms with Crippen molar-refractivity contribution in [3.63, 3.8) is 0 Å². The fourth-order valence-corrected chi connectivity index (χ4v) is 3.28. The van der Waals surface area contributed by atoms with Gasteiger partial charge in [-0.25, -0.2) is 4.98 Å². The van der Waals surface area contributed by atoms with Crippen LogP contribution in [0.25, 0.3) is 0 Å². The van der Waals surface area contributed by atoms with Crippen molar-refractivity contribution in [2.45, 2.75) is 58.0 Å². The largest absolute Gasteiger partial charge is 0.445 e. The van der Waals surface area contributed by atoms with Gasteiger partial charge in [0, 0.05) is 30.8 Å². The zero-order chi connectivity index (χ0) is 14.7. The van der Waals surface area contributed by atoms with Gasteiger partial charge in [-0.1, -0.05) is 12.5 Å². The first-order valence-corrected chi connectivity index (χ1v) is 7.78. The number of pyridine rings is 1. The van der Waals surface area contributed by atoms with Crippen LogP contribution in [0.2, 0.25) is 0 Å². The Morgan fingerprint density at radius 3 is 2.95 bits per heavy atom. The number of aryl methyl sites for hydroxylation is 2. The van der Waals surface area contributed by atoms with E-state index < -0.39 is 0 Å². The predicted molar refractivity (Wildman–Crippen MR) is 82.1 cm³/mol. The van der Waals surface area contributed by atoms with Crippen LogP contribution in [-0.4, -0.2) is 16.0 Å². The minimum Gasteiger partial charge on any atom is -0.445 e. The first-order valence-electron chi connectivity index (χ1n) is 7.78. The van der Waals surface area contributed by atoms with Gasteiger partial charge in [-0.2, -0.15) is 0 Å². The molecular formula is C17H23N3O. The van der Waals surface area contributed by atoms with E-state index in [1.54, 1.807) is 0 Å². The van der Waals surface area contributed by atoms with Crippen LogP contribution in [-0.2, 0) is 6.54 Å². The van der Waals surface area contributed by atoms with Crippen LogP contribution in [0.5, 0.6) is 0 Å². The fraction of sp³-hybridized carbons (Fsp3) is 0.529. The Balaban J connectivity index is 1.59. The molecule has 3 rings (SSSR count). The van der Waals surface area contributed by atoms with Crippen LogP contribution in [0.1, 0.15) is 54.5 Å². The summed E-state index contributed by atoms with van der Waals surface area (Å²) in [4.78, 5) is 8.74. The molecule has 0 aliphatic heterocycles. The Labute approximate surface area is 126 Å². The van der Waals surface area contributed by atoms with Gasteiger partial charge in [0.2, 0.25) is 0 Å². The molecule has 112 valence electrons. The van der Waals surface area contributed by atoms with Crippen LogP contribution >= 0.6 is 0 Å². The van der Waals surface area contributed by atoms with Gasteiger partial charge in [-0.15, -0.1) is 0 Å². The van der Waals surface area contributed by atoms with Crippen molar-refractivity contribution in [2.24, 2.45) is 0 Å². The molecule has 2 heterocycles. The van der Waals surface area contributed by atoms with E-state index in [0.29, 0.717) is 12.0 Å². The van der Waals surface area contributed by atoms with Crippen LogP contribution in [0.15, 0.2) is 28.9 Å². The van der Waals surface area contributed by atoms with E-state index in [2.05, 4.69) is 28.3 Å². The first kappa shape index (κ1) is 14.3. The molecule has 4 heteroatoms. The van der Waals surface area contributed by atoms with Crippen molar-refractivity contribution in [3.05, 3.63) is 47.4 Å². The van der Waals surface area contributed by atoms with Crippen LogP contribution in [0.4, 0.5) is 0 Å². The van der Waals surface area contributed by atoms with Crippen molar-refractivity contribution in [2.75, 3.05) is 0 Å². The van der Waals surface area contributed by atoms with E-state index in [-0.39, 0.29) is 0 Å². The van der Waals surface area contributed by atoms with Crippen molar-refractivity contribution in [1.29, 1.82) is 0 Å². The molecule has 1 N–H and O–H groups in total. The first-order chi connectivity index (χ1) is 10.2. The third-order valence-electron chi connectivity index (χ3n) is 4.34. The number of rotatable bonds is 4. The topological polar surface area (TPSA) is 51.0 Å². The van der Waals surface area contributed by atoms with Crippen LogP contribution in [0, 0.1) is 13.8 Å². The smallest absolute Gasteiger partial charge is 0.191 e. The standard InChI is InChI=1S/C17H23N3O/c1-12-5-4-8-18-17(12)14-6-3-7-15(9-14)20-11-16-10-19-13(2)21-16/h4-5,8,10,14-15,20H,3,6-7,9,11H2,1-2H3/t14-,15-/m0/s1. The normalized spacial score (nSPS) is 22.4. The zero-order valence-electron chi connectivity index (χ0n) is 12.8. The van der Waals surface area contributed by atoms with Gasteiger partial charge in [0.15, 0.2) is 5.89 Å². The molecule has 21 heavy (non-hydrogen) atoms. The minimum absolute atomic E-state index is 0.538. The number of oxazole rings is 1. The number of nitrogens with zero attached hydrogens (tertiary/aromatic N) is 2. The van der Waals surface area contributed by atoms with E-state index in [1.165, 1.54) is 30.5 Å². The summed E-state index contributed by atoms with van der Waals surface area (Å²) >= 11 is 0. The summed E-state index contributed by atoms with van der Waals surface area (Å²) in [7, 11) is 0. The molecule has 0 bridgehead atoms. The third kappa shape index (κ3) is 3.50. The molecule has 0 unspecified atom stereocenters. The second-order valence-electron chi connectivity index (χ2n) is 5.99. The molecule has 1 fully saturated rings. The quantitative estimate of drug-likeness (QED) is 0.934. The van der Waals surface area contributed by atoms with Gasteiger partial charge in [0.05, 0.1) is 12.7 Å². The van der Waals surface area contributed by atoms with Gasteiger partial charge in [0.25, 0.3) is 0 Å². The van der Waals surface area contributed by atoms with Gasteiger partial charge in [-0.05, 0) is 37.8 Å². The Morgan fingerprint density at radius 1 is 1.29 bits per heavy atom. The maximum atomic E-state index is 5.52. The highest BCUT2D eigenvalue weighted by Crippen LogP contribution is 2.33. The monoisotopic (exact) mass is 285 g/mol. The number of hydrogen-bond donors (Lipinski definition) is 1. The van der Waals surface area contributed by atoms with E-state index in [1.807, 2.05) is 25.4 Å². The lowest BCUT2D eigenvalue weighted by Gasteiger charge is -2.30. The summed E-state index contributed by atoms with van der Waals surface area (Å²) in [6.07, 6.45) is 8.62. The molecule has 1 aliphatic rings. The second-order valence-corrected chi connectivity index (χ2v) is 5.99. The van der Waals surface area contributed by atoms with Gasteiger partial charge < -0.3 is 9.73 Å². The van der Waals surface area contributed by atoms with Gasteiger partial charge in [0.1, 0.15) is 5.76 Å². The summed E-state index contributed by atoms with van der Waals surface area (Å²) in [5, 5.41) is 3.61. The van der Waals surface area contributed by atoms with E-state index >= 15 is 0 Å². The lowest BCUT2D eigenvalue weighted by atomic mass is 9.82. The molecule has 0 radical (unpaired) electrons. The Bertz CT molecular complexity index is 593. The summed E-state index contributed by atoms with van der Waals surface area (Å²) in [6, 6.07) is 4.72. The molecule has 1 aliphatic carbocycles. The Hall–Kier alpha value is -1.68. The number of hydrogen-bond acceptors (Lipinski definition) is 4. The van der Waals surface area contributed by atoms with Gasteiger partial charge in [-0.3, -0.25) is 4.98 Å². The number of aromatic nitrogens is 2. The molecule has 2 atom stereocenters. The molecular weight excluding hydrogens is 262 g/mol. The maximum Gasteiger partial charge on any atom is 0.191 e. The highest BCUT2D eigenvalue weighted by Gasteiger charge is 2.24. The predicted octanol–water partition coefficient (Wildman–Crippen LogP) is 3.50. The molecule has 4 nitrogen and oxygen atoms in total. The molecule has 2 aromatic rings. The molecule has 1 saturated carbocycles. The van der Waals surface area contributed by atoms with Crippen molar-refractivity contribution < 1.29 is 4.42 Å². The van der Waals surface area contributed by atoms with Crippen molar-refractivity contribution >= 4 is 0 Å².